The standard InChI is InChI=1S/C21H30ClN5.HI/c1-16(2)27(4)15-19-8-6-5-7-18(19)14-26-21(23-3)24-12-11-17-9-10-20(22)25-13-17;/h5-10,13,16H,11-12,14-15H2,1-4H3,(H2,23,24,26);1H. The maximum Gasteiger partial charge on any atom is 0.191 e. The molecule has 5 nitrogen and oxygen atoms in total. The van der Waals surface area contributed by atoms with Crippen LogP contribution in [0.5, 0.6) is 0 Å². The highest BCUT2D eigenvalue weighted by atomic mass is 127. The Hall–Kier alpha value is -1.38. The number of aliphatic imine (C=N–C) groups is 1. The lowest BCUT2D eigenvalue weighted by Gasteiger charge is -2.23. The van der Waals surface area contributed by atoms with Crippen LogP contribution >= 0.6 is 35.6 Å². The van der Waals surface area contributed by atoms with Gasteiger partial charge in [0.2, 0.25) is 0 Å². The maximum absolute atomic E-state index is 5.82. The number of benzene rings is 1. The highest BCUT2D eigenvalue weighted by molar-refractivity contribution is 14.0. The van der Waals surface area contributed by atoms with Gasteiger partial charge in [0.15, 0.2) is 5.96 Å². The molecule has 154 valence electrons. The number of hydrogen-bond acceptors (Lipinski definition) is 3. The molecule has 2 N–H and O–H groups in total. The number of aromatic nitrogens is 1. The van der Waals surface area contributed by atoms with Crippen LogP contribution in [0.4, 0.5) is 0 Å². The van der Waals surface area contributed by atoms with Gasteiger partial charge >= 0.3 is 0 Å². The van der Waals surface area contributed by atoms with Crippen molar-refractivity contribution < 1.29 is 0 Å². The summed E-state index contributed by atoms with van der Waals surface area (Å²) in [6.45, 7) is 6.88. The first kappa shape index (κ1) is 24.7. The van der Waals surface area contributed by atoms with Crippen LogP contribution in [0.2, 0.25) is 5.15 Å². The molecule has 0 saturated heterocycles. The molecule has 0 aliphatic rings. The van der Waals surface area contributed by atoms with Gasteiger partial charge in [0.25, 0.3) is 0 Å². The zero-order valence-corrected chi connectivity index (χ0v) is 20.2. The first-order chi connectivity index (χ1) is 13.0. The van der Waals surface area contributed by atoms with Gasteiger partial charge in [-0.05, 0) is 50.1 Å². The average molecular weight is 516 g/mol. The molecule has 0 bridgehead atoms. The predicted molar refractivity (Wildman–Crippen MR) is 130 cm³/mol. The minimum atomic E-state index is 0. The summed E-state index contributed by atoms with van der Waals surface area (Å²) in [7, 11) is 3.94. The minimum absolute atomic E-state index is 0. The Kier molecular flexibility index (Phi) is 11.4. The molecule has 28 heavy (non-hydrogen) atoms. The summed E-state index contributed by atoms with van der Waals surface area (Å²) in [5.74, 6) is 0.795. The molecule has 0 atom stereocenters. The van der Waals surface area contributed by atoms with Gasteiger partial charge in [-0.2, -0.15) is 0 Å². The van der Waals surface area contributed by atoms with Crippen LogP contribution in [-0.2, 0) is 19.5 Å². The van der Waals surface area contributed by atoms with Crippen molar-refractivity contribution in [2.45, 2.75) is 39.4 Å². The van der Waals surface area contributed by atoms with Gasteiger partial charge in [-0.15, -0.1) is 24.0 Å². The van der Waals surface area contributed by atoms with Gasteiger partial charge in [-0.25, -0.2) is 4.98 Å². The van der Waals surface area contributed by atoms with E-state index >= 15 is 0 Å². The molecule has 0 fully saturated rings. The summed E-state index contributed by atoms with van der Waals surface area (Å²) in [4.78, 5) is 10.8. The molecule has 0 aliphatic heterocycles. The fourth-order valence-corrected chi connectivity index (χ4v) is 2.73. The minimum Gasteiger partial charge on any atom is -0.356 e. The van der Waals surface area contributed by atoms with Crippen LogP contribution in [0.3, 0.4) is 0 Å². The molecule has 1 aromatic heterocycles. The number of hydrogen-bond donors (Lipinski definition) is 2. The zero-order chi connectivity index (χ0) is 19.6. The number of nitrogens with one attached hydrogen (secondary N) is 2. The van der Waals surface area contributed by atoms with Crippen LogP contribution < -0.4 is 10.6 Å². The average Bonchev–Trinajstić information content (AvgIpc) is 2.67. The third-order valence-corrected chi connectivity index (χ3v) is 4.81. The van der Waals surface area contributed by atoms with Crippen molar-refractivity contribution in [2.75, 3.05) is 20.6 Å². The highest BCUT2D eigenvalue weighted by Gasteiger charge is 2.08. The first-order valence-corrected chi connectivity index (χ1v) is 9.69. The van der Waals surface area contributed by atoms with E-state index in [0.29, 0.717) is 11.2 Å². The van der Waals surface area contributed by atoms with Gasteiger partial charge in [0.1, 0.15) is 5.15 Å². The van der Waals surface area contributed by atoms with E-state index in [1.165, 1.54) is 11.1 Å². The summed E-state index contributed by atoms with van der Waals surface area (Å²) in [5, 5.41) is 7.28. The Morgan fingerprint density at radius 1 is 1.14 bits per heavy atom. The molecule has 0 radical (unpaired) electrons. The van der Waals surface area contributed by atoms with E-state index in [0.717, 1.165) is 37.6 Å². The van der Waals surface area contributed by atoms with Crippen molar-refractivity contribution in [3.05, 3.63) is 64.4 Å². The number of guanidine groups is 1. The fourth-order valence-electron chi connectivity index (χ4n) is 2.61. The summed E-state index contributed by atoms with van der Waals surface area (Å²) in [6.07, 6.45) is 2.67. The zero-order valence-electron chi connectivity index (χ0n) is 17.1. The van der Waals surface area contributed by atoms with Gasteiger partial charge in [-0.3, -0.25) is 9.89 Å². The Bertz CT molecular complexity index is 734. The Labute approximate surface area is 191 Å². The second kappa shape index (κ2) is 13.0. The molecule has 2 aromatic rings. The summed E-state index contributed by atoms with van der Waals surface area (Å²) < 4.78 is 0. The smallest absolute Gasteiger partial charge is 0.191 e. The van der Waals surface area contributed by atoms with Crippen molar-refractivity contribution in [3.63, 3.8) is 0 Å². The first-order valence-electron chi connectivity index (χ1n) is 9.31. The normalized spacial score (nSPS) is 11.5. The van der Waals surface area contributed by atoms with Crippen LogP contribution in [0.1, 0.15) is 30.5 Å². The van der Waals surface area contributed by atoms with Crippen LogP contribution in [0, 0.1) is 0 Å². The van der Waals surface area contributed by atoms with E-state index < -0.39 is 0 Å². The number of rotatable bonds is 8. The van der Waals surface area contributed by atoms with E-state index in [-0.39, 0.29) is 24.0 Å². The molecular formula is C21H31ClIN5. The van der Waals surface area contributed by atoms with Crippen molar-refractivity contribution in [2.24, 2.45) is 4.99 Å². The molecule has 0 unspecified atom stereocenters. The molecule has 1 aromatic carbocycles. The van der Waals surface area contributed by atoms with E-state index in [4.69, 9.17) is 11.6 Å². The van der Waals surface area contributed by atoms with Gasteiger partial charge in [0, 0.05) is 38.9 Å². The Morgan fingerprint density at radius 3 is 2.46 bits per heavy atom. The summed E-state index contributed by atoms with van der Waals surface area (Å²) >= 11 is 5.82. The summed E-state index contributed by atoms with van der Waals surface area (Å²) in [5.41, 5.74) is 3.77. The maximum atomic E-state index is 5.82. The lowest BCUT2D eigenvalue weighted by molar-refractivity contribution is 0.265. The number of pyridine rings is 1. The van der Waals surface area contributed by atoms with E-state index in [1.807, 2.05) is 18.3 Å². The van der Waals surface area contributed by atoms with E-state index in [2.05, 4.69) is 70.7 Å². The molecular weight excluding hydrogens is 485 g/mol. The molecule has 0 spiro atoms. The predicted octanol–water partition coefficient (Wildman–Crippen LogP) is 4.10. The highest BCUT2D eigenvalue weighted by Crippen LogP contribution is 2.12. The fraction of sp³-hybridized carbons (Fsp3) is 0.429. The largest absolute Gasteiger partial charge is 0.356 e. The van der Waals surface area contributed by atoms with Gasteiger partial charge in [-0.1, -0.05) is 41.9 Å². The van der Waals surface area contributed by atoms with Crippen molar-refractivity contribution in [1.82, 2.24) is 20.5 Å². The SMILES string of the molecule is CN=C(NCCc1ccc(Cl)nc1)NCc1ccccc1CN(C)C(C)C.I. The second-order valence-electron chi connectivity index (χ2n) is 6.87. The van der Waals surface area contributed by atoms with E-state index in [1.54, 1.807) is 7.05 Å². The Morgan fingerprint density at radius 2 is 1.86 bits per heavy atom. The lowest BCUT2D eigenvalue weighted by Crippen LogP contribution is -2.38. The van der Waals surface area contributed by atoms with Crippen molar-refractivity contribution in [3.8, 4) is 0 Å². The molecule has 1 heterocycles. The second-order valence-corrected chi connectivity index (χ2v) is 7.26. The van der Waals surface area contributed by atoms with Crippen molar-refractivity contribution >= 4 is 41.5 Å². The monoisotopic (exact) mass is 515 g/mol. The van der Waals surface area contributed by atoms with E-state index in [9.17, 15) is 0 Å². The Balaban J connectivity index is 0.00000392. The third-order valence-electron chi connectivity index (χ3n) is 4.58. The summed E-state index contributed by atoms with van der Waals surface area (Å²) in [6, 6.07) is 12.9. The van der Waals surface area contributed by atoms with Gasteiger partial charge < -0.3 is 10.6 Å². The third kappa shape index (κ3) is 8.32. The van der Waals surface area contributed by atoms with Gasteiger partial charge in [0.05, 0.1) is 0 Å². The topological polar surface area (TPSA) is 52.6 Å². The molecule has 0 saturated carbocycles. The van der Waals surface area contributed by atoms with Crippen LogP contribution in [0.25, 0.3) is 0 Å². The lowest BCUT2D eigenvalue weighted by atomic mass is 10.1. The molecule has 2 rings (SSSR count). The number of nitrogens with zero attached hydrogens (tertiary/aromatic N) is 3. The van der Waals surface area contributed by atoms with Crippen molar-refractivity contribution in [1.29, 1.82) is 0 Å². The number of halogens is 2. The van der Waals surface area contributed by atoms with Crippen LogP contribution in [-0.4, -0.2) is 42.5 Å². The molecule has 0 amide bonds. The molecule has 0 aliphatic carbocycles. The van der Waals surface area contributed by atoms with Crippen LogP contribution in [0.15, 0.2) is 47.6 Å². The quantitative estimate of drug-likeness (QED) is 0.241. The molecule has 7 heteroatoms.